The van der Waals surface area contributed by atoms with Crippen molar-refractivity contribution in [3.8, 4) is 5.75 Å². The van der Waals surface area contributed by atoms with Gasteiger partial charge in [0.15, 0.2) is 11.6 Å². The zero-order chi connectivity index (χ0) is 16.6. The molecule has 3 rings (SSSR count). The first kappa shape index (κ1) is 16.1. The van der Waals surface area contributed by atoms with Crippen LogP contribution in [0.2, 0.25) is 0 Å². The Balaban J connectivity index is 1.70. The minimum absolute atomic E-state index is 0.0492. The molecule has 0 unspecified atom stereocenters. The van der Waals surface area contributed by atoms with Crippen molar-refractivity contribution in [2.24, 2.45) is 5.92 Å². The van der Waals surface area contributed by atoms with Crippen LogP contribution in [0.15, 0.2) is 12.1 Å². The molecule has 1 aromatic rings. The van der Waals surface area contributed by atoms with Gasteiger partial charge in [0.25, 0.3) is 0 Å². The summed E-state index contributed by atoms with van der Waals surface area (Å²) in [5.41, 5.74) is 0.383. The van der Waals surface area contributed by atoms with Gasteiger partial charge in [-0.1, -0.05) is 0 Å². The monoisotopic (exact) mass is 328 g/mol. The van der Waals surface area contributed by atoms with Crippen LogP contribution in [0.1, 0.15) is 60.4 Å². The fraction of sp³-hybridized carbons (Fsp3) is 0.588. The Kier molecular flexibility index (Phi) is 4.25. The molecule has 2 saturated carbocycles. The number of carboxylic acids is 1. The van der Waals surface area contributed by atoms with Crippen molar-refractivity contribution in [2.45, 2.75) is 50.4 Å². The van der Waals surface area contributed by atoms with Crippen molar-refractivity contribution in [3.05, 3.63) is 29.1 Å². The van der Waals surface area contributed by atoms with E-state index in [1.807, 2.05) is 0 Å². The molecule has 3 nitrogen and oxygen atoms in total. The van der Waals surface area contributed by atoms with Crippen LogP contribution in [0, 0.1) is 11.7 Å². The van der Waals surface area contributed by atoms with Gasteiger partial charge in [-0.05, 0) is 55.2 Å². The third-order valence-electron chi connectivity index (χ3n) is 4.65. The molecule has 6 heteroatoms. The Morgan fingerprint density at radius 3 is 2.43 bits per heavy atom. The highest BCUT2D eigenvalue weighted by Gasteiger charge is 2.35. The van der Waals surface area contributed by atoms with E-state index in [1.165, 1.54) is 6.07 Å². The van der Waals surface area contributed by atoms with Crippen LogP contribution in [0.25, 0.3) is 0 Å². The number of alkyl halides is 2. The summed E-state index contributed by atoms with van der Waals surface area (Å²) in [4.78, 5) is 11.2. The Labute approximate surface area is 132 Å². The molecule has 0 spiro atoms. The van der Waals surface area contributed by atoms with Crippen molar-refractivity contribution < 1.29 is 27.8 Å². The maximum absolute atomic E-state index is 14.2. The van der Waals surface area contributed by atoms with Gasteiger partial charge in [0.2, 0.25) is 5.92 Å². The number of aromatic carboxylic acids is 1. The molecular formula is C17H19F3O3. The number of halogens is 3. The highest BCUT2D eigenvalue weighted by Crippen LogP contribution is 2.42. The molecule has 0 aliphatic heterocycles. The summed E-state index contributed by atoms with van der Waals surface area (Å²) in [6.07, 6.45) is 2.24. The van der Waals surface area contributed by atoms with Crippen LogP contribution in [-0.2, 0) is 0 Å². The summed E-state index contributed by atoms with van der Waals surface area (Å²) in [6, 6.07) is 2.92. The summed E-state index contributed by atoms with van der Waals surface area (Å²) >= 11 is 0. The SMILES string of the molecule is O=C(O)c1cc(C2CC2)cc(OCC2CCC(F)(F)CC2)c1F. The lowest BCUT2D eigenvalue weighted by Crippen LogP contribution is -2.27. The fourth-order valence-corrected chi connectivity index (χ4v) is 3.01. The molecular weight excluding hydrogens is 309 g/mol. The van der Waals surface area contributed by atoms with E-state index in [1.54, 1.807) is 6.07 Å². The van der Waals surface area contributed by atoms with E-state index in [-0.39, 0.29) is 42.6 Å². The van der Waals surface area contributed by atoms with E-state index < -0.39 is 17.7 Å². The highest BCUT2D eigenvalue weighted by molar-refractivity contribution is 5.88. The molecule has 1 aromatic carbocycles. The average molecular weight is 328 g/mol. The van der Waals surface area contributed by atoms with E-state index in [0.717, 1.165) is 18.4 Å². The summed E-state index contributed by atoms with van der Waals surface area (Å²) < 4.78 is 46.0. The van der Waals surface area contributed by atoms with Crippen molar-refractivity contribution in [3.63, 3.8) is 0 Å². The Hall–Kier alpha value is -1.72. The second-order valence-electron chi connectivity index (χ2n) is 6.57. The fourth-order valence-electron chi connectivity index (χ4n) is 3.01. The molecule has 2 aliphatic rings. The minimum atomic E-state index is -2.61. The molecule has 0 amide bonds. The van der Waals surface area contributed by atoms with Crippen molar-refractivity contribution >= 4 is 5.97 Å². The normalized spacial score (nSPS) is 21.2. The van der Waals surface area contributed by atoms with Gasteiger partial charge in [-0.15, -0.1) is 0 Å². The topological polar surface area (TPSA) is 46.5 Å². The average Bonchev–Trinajstić information content (AvgIpc) is 3.31. The Bertz CT molecular complexity index is 601. The number of hydrogen-bond acceptors (Lipinski definition) is 2. The van der Waals surface area contributed by atoms with Gasteiger partial charge in [-0.25, -0.2) is 18.0 Å². The predicted octanol–water partition coefficient (Wildman–Crippen LogP) is 4.61. The Morgan fingerprint density at radius 1 is 1.22 bits per heavy atom. The first-order valence-electron chi connectivity index (χ1n) is 7.93. The van der Waals surface area contributed by atoms with Crippen molar-refractivity contribution in [2.75, 3.05) is 6.61 Å². The summed E-state index contributed by atoms with van der Waals surface area (Å²) in [5, 5.41) is 9.11. The van der Waals surface area contributed by atoms with E-state index in [4.69, 9.17) is 9.84 Å². The minimum Gasteiger partial charge on any atom is -0.490 e. The Morgan fingerprint density at radius 2 is 1.87 bits per heavy atom. The van der Waals surface area contributed by atoms with Gasteiger partial charge in [0.05, 0.1) is 12.2 Å². The lowest BCUT2D eigenvalue weighted by atomic mass is 9.87. The van der Waals surface area contributed by atoms with Crippen molar-refractivity contribution in [1.82, 2.24) is 0 Å². The second-order valence-corrected chi connectivity index (χ2v) is 6.57. The van der Waals surface area contributed by atoms with Gasteiger partial charge in [0.1, 0.15) is 0 Å². The molecule has 0 radical (unpaired) electrons. The standard InChI is InChI=1S/C17H19F3O3/c18-15-13(16(21)22)7-12(11-1-2-11)8-14(15)23-9-10-3-5-17(19,20)6-4-10/h7-8,10-11H,1-6,9H2,(H,21,22). The number of rotatable bonds is 5. The maximum Gasteiger partial charge on any atom is 0.338 e. The molecule has 0 heterocycles. The van der Waals surface area contributed by atoms with Crippen LogP contribution in [0.5, 0.6) is 5.75 Å². The molecule has 2 fully saturated rings. The molecule has 0 bridgehead atoms. The molecule has 1 N–H and O–H groups in total. The van der Waals surface area contributed by atoms with E-state index in [0.29, 0.717) is 12.8 Å². The summed E-state index contributed by atoms with van der Waals surface area (Å²) in [5.74, 6) is -4.68. The van der Waals surface area contributed by atoms with E-state index >= 15 is 0 Å². The molecule has 2 aliphatic carbocycles. The van der Waals surface area contributed by atoms with Gasteiger partial charge in [-0.2, -0.15) is 0 Å². The smallest absolute Gasteiger partial charge is 0.338 e. The van der Waals surface area contributed by atoms with Crippen LogP contribution in [-0.4, -0.2) is 23.6 Å². The lowest BCUT2D eigenvalue weighted by molar-refractivity contribution is -0.0500. The third-order valence-corrected chi connectivity index (χ3v) is 4.65. The highest BCUT2D eigenvalue weighted by atomic mass is 19.3. The molecule has 0 aromatic heterocycles. The van der Waals surface area contributed by atoms with E-state index in [9.17, 15) is 18.0 Å². The van der Waals surface area contributed by atoms with Crippen molar-refractivity contribution in [1.29, 1.82) is 0 Å². The quantitative estimate of drug-likeness (QED) is 0.859. The number of carbonyl (C=O) groups is 1. The van der Waals surface area contributed by atoms with Crippen LogP contribution >= 0.6 is 0 Å². The van der Waals surface area contributed by atoms with Gasteiger partial charge >= 0.3 is 5.97 Å². The van der Waals surface area contributed by atoms with Gasteiger partial charge < -0.3 is 9.84 Å². The molecule has 0 saturated heterocycles. The van der Waals surface area contributed by atoms with E-state index in [2.05, 4.69) is 0 Å². The number of hydrogen-bond donors (Lipinski definition) is 1. The van der Waals surface area contributed by atoms with Crippen LogP contribution in [0.3, 0.4) is 0 Å². The zero-order valence-corrected chi connectivity index (χ0v) is 12.7. The lowest BCUT2D eigenvalue weighted by Gasteiger charge is -2.28. The number of ether oxygens (including phenoxy) is 1. The summed E-state index contributed by atoms with van der Waals surface area (Å²) in [7, 11) is 0. The first-order chi connectivity index (χ1) is 10.9. The number of carboxylic acid groups (broad SMARTS) is 1. The second kappa shape index (κ2) is 6.06. The first-order valence-corrected chi connectivity index (χ1v) is 7.93. The zero-order valence-electron chi connectivity index (χ0n) is 12.7. The van der Waals surface area contributed by atoms with Crippen LogP contribution < -0.4 is 4.74 Å². The molecule has 0 atom stereocenters. The molecule has 23 heavy (non-hydrogen) atoms. The third kappa shape index (κ3) is 3.79. The van der Waals surface area contributed by atoms with Gasteiger partial charge in [-0.3, -0.25) is 0 Å². The number of benzene rings is 1. The molecule has 126 valence electrons. The largest absolute Gasteiger partial charge is 0.490 e. The van der Waals surface area contributed by atoms with Crippen LogP contribution in [0.4, 0.5) is 13.2 Å². The predicted molar refractivity (Wildman–Crippen MR) is 77.7 cm³/mol. The van der Waals surface area contributed by atoms with Gasteiger partial charge in [0, 0.05) is 12.8 Å². The summed E-state index contributed by atoms with van der Waals surface area (Å²) in [6.45, 7) is 0.139. The maximum atomic E-state index is 14.2.